The van der Waals surface area contributed by atoms with E-state index >= 15 is 0 Å². The van der Waals surface area contributed by atoms with Crippen molar-refractivity contribution in [3.8, 4) is 0 Å². The second-order valence-electron chi connectivity index (χ2n) is 6.10. The summed E-state index contributed by atoms with van der Waals surface area (Å²) in [6.07, 6.45) is 0. The number of amides is 1. The first-order chi connectivity index (χ1) is 10.6. The van der Waals surface area contributed by atoms with Gasteiger partial charge in [0, 0.05) is 19.6 Å². The molecule has 2 saturated heterocycles. The molecule has 22 heavy (non-hydrogen) atoms. The molecular formula is C15H16N4O3. The predicted octanol–water partition coefficient (Wildman–Crippen LogP) is 0.195. The summed E-state index contributed by atoms with van der Waals surface area (Å²) in [5.74, 6) is -0.742. The molecule has 3 heterocycles. The quantitative estimate of drug-likeness (QED) is 0.752. The number of H-pyrrole nitrogens is 1. The highest BCUT2D eigenvalue weighted by atomic mass is 16.4. The zero-order chi connectivity index (χ0) is 15.3. The van der Waals surface area contributed by atoms with Gasteiger partial charge in [-0.05, 0) is 12.1 Å². The molecule has 3 N–H and O–H groups in total. The van der Waals surface area contributed by atoms with Gasteiger partial charge in [-0.2, -0.15) is 0 Å². The molecule has 2 atom stereocenters. The van der Waals surface area contributed by atoms with Crippen LogP contribution in [0, 0.1) is 11.3 Å². The van der Waals surface area contributed by atoms with Gasteiger partial charge in [-0.3, -0.25) is 14.5 Å². The topological polar surface area (TPSA) is 98.3 Å². The minimum absolute atomic E-state index is 0.158. The number of carbonyl (C=O) groups is 2. The van der Waals surface area contributed by atoms with Gasteiger partial charge in [-0.25, -0.2) is 4.98 Å². The lowest BCUT2D eigenvalue weighted by Crippen LogP contribution is -2.40. The van der Waals surface area contributed by atoms with Crippen molar-refractivity contribution < 1.29 is 14.7 Å². The molecule has 2 aromatic rings. The number of aromatic nitrogens is 2. The first kappa shape index (κ1) is 13.3. The first-order valence-electron chi connectivity index (χ1n) is 7.25. The number of hydrogen-bond acceptors (Lipinski definition) is 4. The SMILES string of the molecule is O=C1NC[C@]2(C(=O)O)CN(Cc3nc4ccccc4[nH]3)C[C@H]12. The van der Waals surface area contributed by atoms with Crippen LogP contribution < -0.4 is 5.32 Å². The lowest BCUT2D eigenvalue weighted by Gasteiger charge is -2.21. The summed E-state index contributed by atoms with van der Waals surface area (Å²) in [6.45, 7) is 1.55. The third-order valence-electron chi connectivity index (χ3n) is 4.75. The van der Waals surface area contributed by atoms with Crippen LogP contribution in [0.2, 0.25) is 0 Å². The molecule has 0 spiro atoms. The van der Waals surface area contributed by atoms with Crippen LogP contribution in [0.15, 0.2) is 24.3 Å². The van der Waals surface area contributed by atoms with E-state index in [0.717, 1.165) is 16.9 Å². The molecule has 1 amide bonds. The third kappa shape index (κ3) is 1.82. The summed E-state index contributed by atoms with van der Waals surface area (Å²) in [5, 5.41) is 12.2. The van der Waals surface area contributed by atoms with Gasteiger partial charge >= 0.3 is 5.97 Å². The smallest absolute Gasteiger partial charge is 0.313 e. The number of para-hydroxylation sites is 2. The molecule has 0 radical (unpaired) electrons. The van der Waals surface area contributed by atoms with E-state index in [-0.39, 0.29) is 12.5 Å². The summed E-state index contributed by atoms with van der Waals surface area (Å²) < 4.78 is 0. The van der Waals surface area contributed by atoms with Gasteiger partial charge in [-0.15, -0.1) is 0 Å². The fourth-order valence-corrected chi connectivity index (χ4v) is 3.59. The Morgan fingerprint density at radius 1 is 1.45 bits per heavy atom. The number of benzene rings is 1. The highest BCUT2D eigenvalue weighted by Gasteiger charge is 2.59. The van der Waals surface area contributed by atoms with Crippen LogP contribution >= 0.6 is 0 Å². The number of aliphatic carboxylic acids is 1. The van der Waals surface area contributed by atoms with Gasteiger partial charge in [0.25, 0.3) is 0 Å². The van der Waals surface area contributed by atoms with E-state index < -0.39 is 17.3 Å². The number of carbonyl (C=O) groups excluding carboxylic acids is 1. The van der Waals surface area contributed by atoms with E-state index in [2.05, 4.69) is 15.3 Å². The standard InChI is InChI=1S/C15H16N4O3/c20-13-9-5-19(8-15(9,7-16-13)14(21)22)6-12-17-10-3-1-2-4-11(10)18-12/h1-4,9H,5-8H2,(H,16,20)(H,17,18)(H,21,22)/t9-,15+/m1/s1. The maximum Gasteiger partial charge on any atom is 0.313 e. The summed E-state index contributed by atoms with van der Waals surface area (Å²) in [7, 11) is 0. The Morgan fingerprint density at radius 3 is 3.00 bits per heavy atom. The van der Waals surface area contributed by atoms with E-state index in [1.54, 1.807) is 0 Å². The van der Waals surface area contributed by atoms with Gasteiger partial charge in [0.15, 0.2) is 0 Å². The average Bonchev–Trinajstić information content (AvgIpc) is 3.13. The Hall–Kier alpha value is -2.41. The Labute approximate surface area is 126 Å². The number of hydrogen-bond donors (Lipinski definition) is 3. The van der Waals surface area contributed by atoms with Crippen molar-refractivity contribution in [2.24, 2.45) is 11.3 Å². The number of aromatic amines is 1. The summed E-state index contributed by atoms with van der Waals surface area (Å²) in [4.78, 5) is 33.3. The minimum Gasteiger partial charge on any atom is -0.481 e. The molecule has 0 saturated carbocycles. The molecule has 7 nitrogen and oxygen atoms in total. The fourth-order valence-electron chi connectivity index (χ4n) is 3.59. The Bertz CT molecular complexity index is 738. The lowest BCUT2D eigenvalue weighted by molar-refractivity contribution is -0.149. The number of nitrogens with zero attached hydrogens (tertiary/aromatic N) is 2. The molecule has 4 rings (SSSR count). The fraction of sp³-hybridized carbons (Fsp3) is 0.400. The van der Waals surface area contributed by atoms with Crippen molar-refractivity contribution in [3.63, 3.8) is 0 Å². The summed E-state index contributed by atoms with van der Waals surface area (Å²) >= 11 is 0. The van der Waals surface area contributed by atoms with Crippen LogP contribution in [0.3, 0.4) is 0 Å². The van der Waals surface area contributed by atoms with Crippen LogP contribution in [0.4, 0.5) is 0 Å². The van der Waals surface area contributed by atoms with Crippen LogP contribution in [-0.2, 0) is 16.1 Å². The van der Waals surface area contributed by atoms with Crippen molar-refractivity contribution >= 4 is 22.9 Å². The average molecular weight is 300 g/mol. The molecule has 2 fully saturated rings. The van der Waals surface area contributed by atoms with Crippen LogP contribution in [-0.4, -0.2) is 51.5 Å². The molecule has 0 aliphatic carbocycles. The maximum absolute atomic E-state index is 11.9. The monoisotopic (exact) mass is 300 g/mol. The Morgan fingerprint density at radius 2 is 2.27 bits per heavy atom. The maximum atomic E-state index is 11.9. The van der Waals surface area contributed by atoms with Crippen molar-refractivity contribution in [1.29, 1.82) is 0 Å². The zero-order valence-corrected chi connectivity index (χ0v) is 11.9. The minimum atomic E-state index is -0.997. The summed E-state index contributed by atoms with van der Waals surface area (Å²) in [5.41, 5.74) is 0.855. The van der Waals surface area contributed by atoms with Crippen molar-refractivity contribution in [1.82, 2.24) is 20.2 Å². The molecule has 0 unspecified atom stereocenters. The van der Waals surface area contributed by atoms with Crippen LogP contribution in [0.1, 0.15) is 5.82 Å². The lowest BCUT2D eigenvalue weighted by atomic mass is 9.81. The normalized spacial score (nSPS) is 28.0. The molecule has 1 aromatic heterocycles. The summed E-state index contributed by atoms with van der Waals surface area (Å²) in [6, 6.07) is 7.75. The van der Waals surface area contributed by atoms with E-state index in [9.17, 15) is 14.7 Å². The molecule has 114 valence electrons. The van der Waals surface area contributed by atoms with Crippen molar-refractivity contribution in [2.45, 2.75) is 6.54 Å². The Kier molecular flexibility index (Phi) is 2.74. The molecular weight excluding hydrogens is 284 g/mol. The first-order valence-corrected chi connectivity index (χ1v) is 7.25. The second-order valence-corrected chi connectivity index (χ2v) is 6.10. The van der Waals surface area contributed by atoms with E-state index in [1.807, 2.05) is 29.2 Å². The zero-order valence-electron chi connectivity index (χ0n) is 11.9. The van der Waals surface area contributed by atoms with Gasteiger partial charge < -0.3 is 15.4 Å². The largest absolute Gasteiger partial charge is 0.481 e. The van der Waals surface area contributed by atoms with Gasteiger partial charge in [0.05, 0.1) is 23.5 Å². The van der Waals surface area contributed by atoms with E-state index in [1.165, 1.54) is 0 Å². The van der Waals surface area contributed by atoms with Gasteiger partial charge in [0.2, 0.25) is 5.91 Å². The molecule has 2 aliphatic heterocycles. The van der Waals surface area contributed by atoms with Gasteiger partial charge in [-0.1, -0.05) is 12.1 Å². The number of imidazole rings is 1. The molecule has 0 bridgehead atoms. The van der Waals surface area contributed by atoms with Crippen molar-refractivity contribution in [2.75, 3.05) is 19.6 Å². The second kappa shape index (κ2) is 4.54. The Balaban J connectivity index is 1.57. The van der Waals surface area contributed by atoms with Crippen LogP contribution in [0.5, 0.6) is 0 Å². The molecule has 7 heteroatoms. The van der Waals surface area contributed by atoms with Crippen molar-refractivity contribution in [3.05, 3.63) is 30.1 Å². The number of likely N-dealkylation sites (tertiary alicyclic amines) is 1. The number of nitrogens with one attached hydrogen (secondary N) is 2. The third-order valence-corrected chi connectivity index (χ3v) is 4.75. The van der Waals surface area contributed by atoms with Crippen LogP contribution in [0.25, 0.3) is 11.0 Å². The van der Waals surface area contributed by atoms with E-state index in [4.69, 9.17) is 0 Å². The number of carboxylic acid groups (broad SMARTS) is 1. The highest BCUT2D eigenvalue weighted by molar-refractivity contribution is 5.92. The number of fused-ring (bicyclic) bond motifs is 2. The molecule has 2 aliphatic rings. The predicted molar refractivity (Wildman–Crippen MR) is 77.9 cm³/mol. The number of carboxylic acids is 1. The van der Waals surface area contributed by atoms with E-state index in [0.29, 0.717) is 19.6 Å². The number of rotatable bonds is 3. The van der Waals surface area contributed by atoms with Gasteiger partial charge in [0.1, 0.15) is 11.2 Å². The highest BCUT2D eigenvalue weighted by Crippen LogP contribution is 2.40. The molecule has 1 aromatic carbocycles.